The van der Waals surface area contributed by atoms with E-state index in [1.54, 1.807) is 48.1 Å². The fourth-order valence-corrected chi connectivity index (χ4v) is 2.33. The van der Waals surface area contributed by atoms with Gasteiger partial charge in [0.2, 0.25) is 5.78 Å². The van der Waals surface area contributed by atoms with Crippen molar-refractivity contribution >= 4 is 11.9 Å². The van der Waals surface area contributed by atoms with Crippen LogP contribution in [0.5, 0.6) is 5.75 Å². The Labute approximate surface area is 144 Å². The van der Waals surface area contributed by atoms with E-state index in [1.807, 2.05) is 6.92 Å². The van der Waals surface area contributed by atoms with Crippen molar-refractivity contribution in [3.05, 3.63) is 77.3 Å². The first-order valence-electron chi connectivity index (χ1n) is 7.71. The number of carbonyl (C=O) groups is 1. The molecule has 0 amide bonds. The number of hydrogen-bond donors (Lipinski definition) is 0. The van der Waals surface area contributed by atoms with Gasteiger partial charge in [-0.2, -0.15) is 5.10 Å². The normalized spacial score (nSPS) is 11.2. The fraction of sp³-hybridized carbons (Fsp3) is 0.158. The van der Waals surface area contributed by atoms with Gasteiger partial charge in [0.15, 0.2) is 0 Å². The molecule has 0 atom stereocenters. The van der Waals surface area contributed by atoms with Crippen molar-refractivity contribution in [2.24, 2.45) is 7.05 Å². The largest absolute Gasteiger partial charge is 0.486 e. The number of furan rings is 1. The molecule has 0 saturated heterocycles. The van der Waals surface area contributed by atoms with Gasteiger partial charge in [0.25, 0.3) is 0 Å². The predicted octanol–water partition coefficient (Wildman–Crippen LogP) is 3.94. The van der Waals surface area contributed by atoms with E-state index in [4.69, 9.17) is 9.15 Å². The first-order chi connectivity index (χ1) is 12.0. The van der Waals surface area contributed by atoms with Crippen LogP contribution in [0.25, 0.3) is 6.08 Å². The lowest BCUT2D eigenvalue weighted by molar-refractivity contribution is 0.103. The van der Waals surface area contributed by atoms with E-state index < -0.39 is 0 Å². The third-order valence-electron chi connectivity index (χ3n) is 3.53. The van der Waals surface area contributed by atoms with Crippen LogP contribution in [0, 0.1) is 12.7 Å². The Morgan fingerprint density at radius 3 is 2.72 bits per heavy atom. The van der Waals surface area contributed by atoms with Gasteiger partial charge in [-0.05, 0) is 61.5 Å². The van der Waals surface area contributed by atoms with Crippen molar-refractivity contribution in [2.75, 3.05) is 0 Å². The SMILES string of the molecule is Cc1cc(C(=O)/C=C/c2ccc(COc3ccc(F)cc3)o2)n(C)n1. The summed E-state index contributed by atoms with van der Waals surface area (Å²) in [6.45, 7) is 2.05. The van der Waals surface area contributed by atoms with Crippen LogP contribution >= 0.6 is 0 Å². The van der Waals surface area contributed by atoms with Crippen molar-refractivity contribution in [3.63, 3.8) is 0 Å². The molecule has 6 heteroatoms. The molecule has 0 spiro atoms. The highest BCUT2D eigenvalue weighted by molar-refractivity contribution is 6.05. The number of nitrogens with zero attached hydrogens (tertiary/aromatic N) is 2. The molecule has 2 heterocycles. The molecule has 0 bridgehead atoms. The van der Waals surface area contributed by atoms with Gasteiger partial charge in [-0.25, -0.2) is 4.39 Å². The minimum Gasteiger partial charge on any atom is -0.486 e. The van der Waals surface area contributed by atoms with Crippen molar-refractivity contribution in [1.82, 2.24) is 9.78 Å². The molecule has 0 unspecified atom stereocenters. The second kappa shape index (κ2) is 7.17. The molecule has 2 aromatic heterocycles. The smallest absolute Gasteiger partial charge is 0.203 e. The third kappa shape index (κ3) is 4.23. The highest BCUT2D eigenvalue weighted by Crippen LogP contribution is 2.16. The Balaban J connectivity index is 1.60. The Morgan fingerprint density at radius 1 is 1.28 bits per heavy atom. The maximum atomic E-state index is 12.8. The number of ketones is 1. The summed E-state index contributed by atoms with van der Waals surface area (Å²) in [6.07, 6.45) is 3.05. The van der Waals surface area contributed by atoms with Gasteiger partial charge in [0.05, 0.1) is 5.69 Å². The lowest BCUT2D eigenvalue weighted by Crippen LogP contribution is -2.03. The average molecular weight is 340 g/mol. The van der Waals surface area contributed by atoms with Gasteiger partial charge in [-0.3, -0.25) is 9.48 Å². The van der Waals surface area contributed by atoms with Gasteiger partial charge < -0.3 is 9.15 Å². The van der Waals surface area contributed by atoms with Crippen molar-refractivity contribution in [3.8, 4) is 5.75 Å². The number of aryl methyl sites for hydroxylation is 2. The monoisotopic (exact) mass is 340 g/mol. The van der Waals surface area contributed by atoms with Crippen LogP contribution in [0.4, 0.5) is 4.39 Å². The van der Waals surface area contributed by atoms with Crippen LogP contribution in [0.3, 0.4) is 0 Å². The number of carbonyl (C=O) groups excluding carboxylic acids is 1. The standard InChI is InChI=1S/C19H17FN2O3/c1-13-11-18(22(2)21-13)19(23)10-9-16-7-8-17(25-16)12-24-15-5-3-14(20)4-6-15/h3-11H,12H2,1-2H3/b10-9+. The number of aromatic nitrogens is 2. The first kappa shape index (κ1) is 16.7. The summed E-state index contributed by atoms with van der Waals surface area (Å²) >= 11 is 0. The molecule has 3 rings (SSSR count). The summed E-state index contributed by atoms with van der Waals surface area (Å²) in [6, 6.07) is 11.0. The number of allylic oxidation sites excluding steroid dienone is 1. The molecule has 0 fully saturated rings. The molecule has 25 heavy (non-hydrogen) atoms. The molecule has 0 aliphatic heterocycles. The Bertz CT molecular complexity index is 907. The minimum absolute atomic E-state index is 0.149. The number of ether oxygens (including phenoxy) is 1. The van der Waals surface area contributed by atoms with E-state index in [2.05, 4.69) is 5.10 Å². The van der Waals surface area contributed by atoms with E-state index >= 15 is 0 Å². The zero-order valence-corrected chi connectivity index (χ0v) is 13.9. The van der Waals surface area contributed by atoms with Gasteiger partial charge >= 0.3 is 0 Å². The lowest BCUT2D eigenvalue weighted by Gasteiger charge is -2.03. The topological polar surface area (TPSA) is 57.3 Å². The second-order valence-corrected chi connectivity index (χ2v) is 5.54. The summed E-state index contributed by atoms with van der Waals surface area (Å²) in [5, 5.41) is 4.15. The molecular formula is C19H17FN2O3. The molecule has 0 aliphatic rings. The van der Waals surface area contributed by atoms with E-state index in [1.165, 1.54) is 18.2 Å². The number of hydrogen-bond acceptors (Lipinski definition) is 4. The Morgan fingerprint density at radius 2 is 2.04 bits per heavy atom. The molecule has 128 valence electrons. The van der Waals surface area contributed by atoms with Crippen molar-refractivity contribution < 1.29 is 18.3 Å². The molecule has 1 aromatic carbocycles. The molecular weight excluding hydrogens is 323 g/mol. The van der Waals surface area contributed by atoms with E-state index in [-0.39, 0.29) is 18.2 Å². The first-order valence-corrected chi connectivity index (χ1v) is 7.71. The van der Waals surface area contributed by atoms with Crippen LogP contribution in [-0.4, -0.2) is 15.6 Å². The van der Waals surface area contributed by atoms with Gasteiger partial charge in [-0.1, -0.05) is 0 Å². The minimum atomic E-state index is -0.314. The van der Waals surface area contributed by atoms with Gasteiger partial charge in [0.1, 0.15) is 35.4 Å². The summed E-state index contributed by atoms with van der Waals surface area (Å²) in [7, 11) is 1.73. The maximum absolute atomic E-state index is 12.8. The van der Waals surface area contributed by atoms with Crippen LogP contribution in [0.1, 0.15) is 27.7 Å². The Kier molecular flexibility index (Phi) is 4.79. The van der Waals surface area contributed by atoms with E-state index in [0.29, 0.717) is 23.0 Å². The third-order valence-corrected chi connectivity index (χ3v) is 3.53. The van der Waals surface area contributed by atoms with Crippen LogP contribution in [0.2, 0.25) is 0 Å². The number of benzene rings is 1. The zero-order chi connectivity index (χ0) is 17.8. The summed E-state index contributed by atoms with van der Waals surface area (Å²) in [5.74, 6) is 1.24. The molecule has 5 nitrogen and oxygen atoms in total. The number of rotatable bonds is 6. The summed E-state index contributed by atoms with van der Waals surface area (Å²) < 4.78 is 25.5. The summed E-state index contributed by atoms with van der Waals surface area (Å²) in [4.78, 5) is 12.2. The second-order valence-electron chi connectivity index (χ2n) is 5.54. The van der Waals surface area contributed by atoms with E-state index in [9.17, 15) is 9.18 Å². The zero-order valence-electron chi connectivity index (χ0n) is 13.9. The average Bonchev–Trinajstić information content (AvgIpc) is 3.18. The van der Waals surface area contributed by atoms with Gasteiger partial charge in [0, 0.05) is 7.05 Å². The van der Waals surface area contributed by atoms with Crippen LogP contribution in [0.15, 0.2) is 53.0 Å². The summed E-state index contributed by atoms with van der Waals surface area (Å²) in [5.41, 5.74) is 1.30. The molecule has 0 N–H and O–H groups in total. The van der Waals surface area contributed by atoms with Crippen LogP contribution in [-0.2, 0) is 13.7 Å². The predicted molar refractivity (Wildman–Crippen MR) is 90.7 cm³/mol. The number of halogens is 1. The van der Waals surface area contributed by atoms with Gasteiger partial charge in [-0.15, -0.1) is 0 Å². The molecule has 0 aliphatic carbocycles. The highest BCUT2D eigenvalue weighted by Gasteiger charge is 2.09. The maximum Gasteiger partial charge on any atom is 0.203 e. The highest BCUT2D eigenvalue weighted by atomic mass is 19.1. The van der Waals surface area contributed by atoms with E-state index in [0.717, 1.165) is 5.69 Å². The van der Waals surface area contributed by atoms with Crippen molar-refractivity contribution in [1.29, 1.82) is 0 Å². The van der Waals surface area contributed by atoms with Crippen molar-refractivity contribution in [2.45, 2.75) is 13.5 Å². The fourth-order valence-electron chi connectivity index (χ4n) is 2.33. The Hall–Kier alpha value is -3.15. The molecule has 0 radical (unpaired) electrons. The molecule has 3 aromatic rings. The quantitative estimate of drug-likeness (QED) is 0.504. The molecule has 0 saturated carbocycles. The van der Waals surface area contributed by atoms with Crippen LogP contribution < -0.4 is 4.74 Å². The lowest BCUT2D eigenvalue weighted by atomic mass is 10.2.